The van der Waals surface area contributed by atoms with Gasteiger partial charge in [-0.05, 0) is 37.3 Å². The first-order valence-electron chi connectivity index (χ1n) is 6.28. The van der Waals surface area contributed by atoms with E-state index in [9.17, 15) is 14.9 Å². The van der Waals surface area contributed by atoms with Crippen molar-refractivity contribution in [2.75, 3.05) is 0 Å². The van der Waals surface area contributed by atoms with E-state index in [1.165, 1.54) is 24.3 Å². The minimum atomic E-state index is -0.464. The average Bonchev–Trinajstić information content (AvgIpc) is 2.89. The molecule has 2 rings (SSSR count). The predicted octanol–water partition coefficient (Wildman–Crippen LogP) is 3.09. The van der Waals surface area contributed by atoms with Crippen LogP contribution in [0, 0.1) is 10.1 Å². The van der Waals surface area contributed by atoms with Gasteiger partial charge < -0.3 is 4.74 Å². The molecular weight excluding hydrogens is 246 g/mol. The van der Waals surface area contributed by atoms with E-state index >= 15 is 0 Å². The lowest BCUT2D eigenvalue weighted by atomic mass is 10.2. The van der Waals surface area contributed by atoms with Gasteiger partial charge in [0.25, 0.3) is 5.69 Å². The standard InChI is InChI=1S/C14H15NO4/c16-14(19-13-6-1-2-7-13)9-8-11-4-3-5-12(10-11)15(17)18/h3-5,8-10,13H,1-2,6-7H2/b9-8+. The van der Waals surface area contributed by atoms with Gasteiger partial charge in [0.2, 0.25) is 0 Å². The fraction of sp³-hybridized carbons (Fsp3) is 0.357. The van der Waals surface area contributed by atoms with Gasteiger partial charge >= 0.3 is 5.97 Å². The van der Waals surface area contributed by atoms with Crippen LogP contribution in [0.3, 0.4) is 0 Å². The van der Waals surface area contributed by atoms with Crippen molar-refractivity contribution in [3.8, 4) is 0 Å². The van der Waals surface area contributed by atoms with Gasteiger partial charge in [-0.3, -0.25) is 10.1 Å². The molecule has 0 radical (unpaired) electrons. The molecular formula is C14H15NO4. The van der Waals surface area contributed by atoms with Gasteiger partial charge in [0.15, 0.2) is 0 Å². The number of hydrogen-bond acceptors (Lipinski definition) is 4. The molecule has 5 nitrogen and oxygen atoms in total. The van der Waals surface area contributed by atoms with Crippen LogP contribution in [0.15, 0.2) is 30.3 Å². The van der Waals surface area contributed by atoms with Crippen LogP contribution < -0.4 is 0 Å². The second-order valence-corrected chi connectivity index (χ2v) is 4.53. The number of nitro groups is 1. The Morgan fingerprint density at radius 1 is 1.37 bits per heavy atom. The minimum Gasteiger partial charge on any atom is -0.459 e. The number of carbonyl (C=O) groups is 1. The van der Waals surface area contributed by atoms with E-state index in [1.54, 1.807) is 12.1 Å². The molecule has 1 saturated carbocycles. The Morgan fingerprint density at radius 3 is 2.79 bits per heavy atom. The molecule has 0 heterocycles. The first-order valence-corrected chi connectivity index (χ1v) is 6.28. The number of ether oxygens (including phenoxy) is 1. The summed E-state index contributed by atoms with van der Waals surface area (Å²) < 4.78 is 5.25. The number of hydrogen-bond donors (Lipinski definition) is 0. The zero-order valence-corrected chi connectivity index (χ0v) is 10.5. The maximum Gasteiger partial charge on any atom is 0.331 e. The summed E-state index contributed by atoms with van der Waals surface area (Å²) in [6.45, 7) is 0. The maximum absolute atomic E-state index is 11.5. The Hall–Kier alpha value is -2.17. The minimum absolute atomic E-state index is 0.00584. The topological polar surface area (TPSA) is 69.4 Å². The van der Waals surface area contributed by atoms with Crippen molar-refractivity contribution in [3.05, 3.63) is 46.0 Å². The molecule has 0 aromatic heterocycles. The molecule has 1 aromatic rings. The van der Waals surface area contributed by atoms with E-state index in [2.05, 4.69) is 0 Å². The van der Waals surface area contributed by atoms with Gasteiger partial charge in [-0.15, -0.1) is 0 Å². The third-order valence-electron chi connectivity index (χ3n) is 3.08. The summed E-state index contributed by atoms with van der Waals surface area (Å²) in [6, 6.07) is 6.11. The van der Waals surface area contributed by atoms with Gasteiger partial charge in [0.05, 0.1) is 4.92 Å². The van der Waals surface area contributed by atoms with Crippen molar-refractivity contribution in [1.82, 2.24) is 0 Å². The Kier molecular flexibility index (Phi) is 4.28. The summed E-state index contributed by atoms with van der Waals surface area (Å²) in [5.74, 6) is -0.390. The number of carbonyl (C=O) groups excluding carboxylic acids is 1. The normalized spacial score (nSPS) is 15.8. The van der Waals surface area contributed by atoms with Crippen LogP contribution in [-0.4, -0.2) is 17.0 Å². The largest absolute Gasteiger partial charge is 0.459 e. The van der Waals surface area contributed by atoms with Gasteiger partial charge in [-0.2, -0.15) is 0 Å². The molecule has 0 unspecified atom stereocenters. The second-order valence-electron chi connectivity index (χ2n) is 4.53. The Morgan fingerprint density at radius 2 is 2.11 bits per heavy atom. The molecule has 0 bridgehead atoms. The molecule has 0 saturated heterocycles. The highest BCUT2D eigenvalue weighted by atomic mass is 16.6. The number of esters is 1. The number of rotatable bonds is 4. The second kappa shape index (κ2) is 6.13. The number of non-ortho nitro benzene ring substituents is 1. The van der Waals surface area contributed by atoms with Crippen molar-refractivity contribution in [1.29, 1.82) is 0 Å². The highest BCUT2D eigenvalue weighted by molar-refractivity contribution is 5.87. The van der Waals surface area contributed by atoms with Crippen LogP contribution in [0.2, 0.25) is 0 Å². The SMILES string of the molecule is O=C(/C=C/c1cccc([N+](=O)[O-])c1)OC1CCCC1. The zero-order chi connectivity index (χ0) is 13.7. The lowest BCUT2D eigenvalue weighted by Gasteiger charge is -2.08. The monoisotopic (exact) mass is 261 g/mol. The Labute approximate surface area is 111 Å². The molecule has 0 N–H and O–H groups in total. The molecule has 1 aromatic carbocycles. The average molecular weight is 261 g/mol. The van der Waals surface area contributed by atoms with Gasteiger partial charge in [0, 0.05) is 18.2 Å². The lowest BCUT2D eigenvalue weighted by Crippen LogP contribution is -2.12. The van der Waals surface area contributed by atoms with Crippen molar-refractivity contribution in [3.63, 3.8) is 0 Å². The molecule has 100 valence electrons. The molecule has 0 atom stereocenters. The maximum atomic E-state index is 11.5. The molecule has 0 aliphatic heterocycles. The van der Waals surface area contributed by atoms with Crippen molar-refractivity contribution >= 4 is 17.7 Å². The van der Waals surface area contributed by atoms with Gasteiger partial charge in [0.1, 0.15) is 6.10 Å². The van der Waals surface area contributed by atoms with Gasteiger partial charge in [-0.1, -0.05) is 12.1 Å². The third-order valence-corrected chi connectivity index (χ3v) is 3.08. The lowest BCUT2D eigenvalue weighted by molar-refractivity contribution is -0.384. The quantitative estimate of drug-likeness (QED) is 0.361. The van der Waals surface area contributed by atoms with Crippen LogP contribution in [0.5, 0.6) is 0 Å². The van der Waals surface area contributed by atoms with E-state index in [-0.39, 0.29) is 11.8 Å². The smallest absolute Gasteiger partial charge is 0.331 e. The van der Waals surface area contributed by atoms with Crippen molar-refractivity contribution in [2.24, 2.45) is 0 Å². The summed E-state index contributed by atoms with van der Waals surface area (Å²) >= 11 is 0. The molecule has 0 spiro atoms. The van der Waals surface area contributed by atoms with Crippen molar-refractivity contribution < 1.29 is 14.5 Å². The number of benzene rings is 1. The van der Waals surface area contributed by atoms with Crippen LogP contribution in [0.1, 0.15) is 31.2 Å². The summed E-state index contributed by atoms with van der Waals surface area (Å²) in [5.41, 5.74) is 0.615. The van der Waals surface area contributed by atoms with Gasteiger partial charge in [-0.25, -0.2) is 4.79 Å². The van der Waals surface area contributed by atoms with E-state index in [4.69, 9.17) is 4.74 Å². The summed E-state index contributed by atoms with van der Waals surface area (Å²) in [7, 11) is 0. The molecule has 19 heavy (non-hydrogen) atoms. The van der Waals surface area contributed by atoms with Crippen LogP contribution in [0.4, 0.5) is 5.69 Å². The number of nitro benzene ring substituents is 1. The zero-order valence-electron chi connectivity index (χ0n) is 10.5. The third kappa shape index (κ3) is 3.91. The Bertz CT molecular complexity index is 504. The fourth-order valence-electron chi connectivity index (χ4n) is 2.12. The van der Waals surface area contributed by atoms with Crippen LogP contribution >= 0.6 is 0 Å². The highest BCUT2D eigenvalue weighted by Crippen LogP contribution is 2.21. The molecule has 1 aliphatic rings. The summed E-state index contributed by atoms with van der Waals surface area (Å²) in [5, 5.41) is 10.6. The van der Waals surface area contributed by atoms with E-state index in [1.807, 2.05) is 0 Å². The molecule has 5 heteroatoms. The summed E-state index contributed by atoms with van der Waals surface area (Å²) in [6.07, 6.45) is 6.94. The highest BCUT2D eigenvalue weighted by Gasteiger charge is 2.17. The summed E-state index contributed by atoms with van der Waals surface area (Å²) in [4.78, 5) is 21.7. The Balaban J connectivity index is 1.95. The van der Waals surface area contributed by atoms with Crippen LogP contribution in [0.25, 0.3) is 6.08 Å². The fourth-order valence-corrected chi connectivity index (χ4v) is 2.12. The molecule has 1 aliphatic carbocycles. The van der Waals surface area contributed by atoms with Crippen LogP contribution in [-0.2, 0) is 9.53 Å². The van der Waals surface area contributed by atoms with Crippen molar-refractivity contribution in [2.45, 2.75) is 31.8 Å². The van der Waals surface area contributed by atoms with E-state index < -0.39 is 10.9 Å². The predicted molar refractivity (Wildman–Crippen MR) is 70.5 cm³/mol. The first-order chi connectivity index (χ1) is 9.15. The molecule has 0 amide bonds. The van der Waals surface area contributed by atoms with E-state index in [0.717, 1.165) is 25.7 Å². The van der Waals surface area contributed by atoms with E-state index in [0.29, 0.717) is 5.56 Å². The first kappa shape index (κ1) is 13.3. The molecule has 1 fully saturated rings. The number of nitrogens with zero attached hydrogens (tertiary/aromatic N) is 1.